The van der Waals surface area contributed by atoms with Crippen molar-refractivity contribution in [3.05, 3.63) is 48.0 Å². The van der Waals surface area contributed by atoms with Crippen molar-refractivity contribution in [3.8, 4) is 17.3 Å². The van der Waals surface area contributed by atoms with Crippen LogP contribution < -0.4 is 9.21 Å². The molecule has 0 bridgehead atoms. The van der Waals surface area contributed by atoms with Gasteiger partial charge in [0.15, 0.2) is 0 Å². The fraction of sp³-hybridized carbons (Fsp3) is 0.448. The number of nitrogens with zero attached hydrogens (tertiary/aromatic N) is 5. The Morgan fingerprint density at radius 3 is 2.23 bits per heavy atom. The monoisotopic (exact) mass is 549 g/mol. The van der Waals surface area contributed by atoms with Crippen LogP contribution in [0.3, 0.4) is 0 Å². The molecular formula is C29H35N5O4S. The van der Waals surface area contributed by atoms with Crippen LogP contribution in [0.5, 0.6) is 0 Å². The lowest BCUT2D eigenvalue weighted by Crippen LogP contribution is -2.50. The highest BCUT2D eigenvalue weighted by Gasteiger charge is 2.29. The molecule has 2 aromatic carbocycles. The summed E-state index contributed by atoms with van der Waals surface area (Å²) in [5.41, 5.74) is 4.46. The molecule has 0 spiro atoms. The molecule has 0 saturated carbocycles. The molecule has 2 saturated heterocycles. The third-order valence-corrected chi connectivity index (χ3v) is 9.17. The van der Waals surface area contributed by atoms with Gasteiger partial charge in [0.2, 0.25) is 10.0 Å². The average Bonchev–Trinajstić information content (AvgIpc) is 3.43. The van der Waals surface area contributed by atoms with E-state index < -0.39 is 15.6 Å². The number of rotatable bonds is 4. The quantitative estimate of drug-likeness (QED) is 0.464. The molecule has 1 amide bonds. The molecule has 2 fully saturated rings. The number of hydrogen-bond acceptors (Lipinski definition) is 6. The summed E-state index contributed by atoms with van der Waals surface area (Å²) < 4.78 is 33.8. The SMILES string of the molecule is CCn1c(-c2ccc(N3CCCS3(=O)=O)cc2)c(C#N)c2ccc(N3CCN(C(=O)OC(C)(C)C)CC3)cc21. The highest BCUT2D eigenvalue weighted by molar-refractivity contribution is 7.93. The Kier molecular flexibility index (Phi) is 6.97. The van der Waals surface area contributed by atoms with Gasteiger partial charge in [-0.15, -0.1) is 0 Å². The van der Waals surface area contributed by atoms with Crippen LogP contribution in [0.2, 0.25) is 0 Å². The zero-order valence-electron chi connectivity index (χ0n) is 23.0. The van der Waals surface area contributed by atoms with Gasteiger partial charge in [-0.05, 0) is 70.0 Å². The topological polar surface area (TPSA) is 98.9 Å². The van der Waals surface area contributed by atoms with Crippen molar-refractivity contribution >= 4 is 38.4 Å². The third-order valence-electron chi connectivity index (χ3n) is 7.30. The van der Waals surface area contributed by atoms with Crippen LogP contribution in [0.4, 0.5) is 16.2 Å². The molecular weight excluding hydrogens is 514 g/mol. The Hall–Kier alpha value is -3.71. The summed E-state index contributed by atoms with van der Waals surface area (Å²) in [5, 5.41) is 11.0. The van der Waals surface area contributed by atoms with Gasteiger partial charge in [-0.3, -0.25) is 4.31 Å². The molecule has 39 heavy (non-hydrogen) atoms. The number of aromatic nitrogens is 1. The zero-order chi connectivity index (χ0) is 27.9. The van der Waals surface area contributed by atoms with Crippen molar-refractivity contribution in [1.82, 2.24) is 9.47 Å². The van der Waals surface area contributed by atoms with Crippen LogP contribution >= 0.6 is 0 Å². The molecule has 2 aliphatic heterocycles. The summed E-state index contributed by atoms with van der Waals surface area (Å²) >= 11 is 0. The van der Waals surface area contributed by atoms with E-state index in [2.05, 4.69) is 28.5 Å². The summed E-state index contributed by atoms with van der Waals surface area (Å²) in [4.78, 5) is 16.5. The van der Waals surface area contributed by atoms with Crippen LogP contribution in [0.15, 0.2) is 42.5 Å². The van der Waals surface area contributed by atoms with E-state index in [0.717, 1.165) is 27.8 Å². The Balaban J connectivity index is 1.43. The molecule has 2 aliphatic rings. The smallest absolute Gasteiger partial charge is 0.410 e. The highest BCUT2D eigenvalue weighted by Crippen LogP contribution is 2.37. The maximum absolute atomic E-state index is 12.5. The minimum Gasteiger partial charge on any atom is -0.444 e. The lowest BCUT2D eigenvalue weighted by atomic mass is 10.1. The minimum atomic E-state index is -3.25. The average molecular weight is 550 g/mol. The van der Waals surface area contributed by atoms with Gasteiger partial charge >= 0.3 is 6.09 Å². The number of fused-ring (bicyclic) bond motifs is 1. The fourth-order valence-corrected chi connectivity index (χ4v) is 7.03. The number of benzene rings is 2. The second kappa shape index (κ2) is 10.1. The molecule has 3 aromatic rings. The molecule has 206 valence electrons. The van der Waals surface area contributed by atoms with Crippen LogP contribution in [0.1, 0.15) is 39.7 Å². The summed E-state index contributed by atoms with van der Waals surface area (Å²) in [6.07, 6.45) is 0.347. The maximum Gasteiger partial charge on any atom is 0.410 e. The van der Waals surface area contributed by atoms with Crippen molar-refractivity contribution in [2.45, 2.75) is 46.3 Å². The minimum absolute atomic E-state index is 0.176. The molecule has 0 aliphatic carbocycles. The number of aryl methyl sites for hydroxylation is 1. The number of nitriles is 1. The van der Waals surface area contributed by atoms with E-state index in [1.807, 2.05) is 57.2 Å². The summed E-state index contributed by atoms with van der Waals surface area (Å²) in [7, 11) is -3.25. The van der Waals surface area contributed by atoms with Gasteiger partial charge in [-0.1, -0.05) is 12.1 Å². The molecule has 9 nitrogen and oxygen atoms in total. The predicted octanol–water partition coefficient (Wildman–Crippen LogP) is 4.80. The highest BCUT2D eigenvalue weighted by atomic mass is 32.2. The van der Waals surface area contributed by atoms with Crippen molar-refractivity contribution in [3.63, 3.8) is 0 Å². The van der Waals surface area contributed by atoms with Crippen LogP contribution in [-0.4, -0.2) is 68.1 Å². The van der Waals surface area contributed by atoms with E-state index in [9.17, 15) is 18.5 Å². The van der Waals surface area contributed by atoms with Crippen LogP contribution in [-0.2, 0) is 21.3 Å². The van der Waals surface area contributed by atoms with E-state index in [1.165, 1.54) is 4.31 Å². The van der Waals surface area contributed by atoms with Gasteiger partial charge in [0.1, 0.15) is 11.7 Å². The fourth-order valence-electron chi connectivity index (χ4n) is 5.47. The largest absolute Gasteiger partial charge is 0.444 e. The van der Waals surface area contributed by atoms with Crippen molar-refractivity contribution in [1.29, 1.82) is 5.26 Å². The Morgan fingerprint density at radius 2 is 1.67 bits per heavy atom. The molecule has 1 aromatic heterocycles. The van der Waals surface area contributed by atoms with Gasteiger partial charge in [-0.2, -0.15) is 5.26 Å². The Morgan fingerprint density at radius 1 is 1.00 bits per heavy atom. The predicted molar refractivity (Wildman–Crippen MR) is 154 cm³/mol. The van der Waals surface area contributed by atoms with Gasteiger partial charge in [-0.25, -0.2) is 13.2 Å². The number of hydrogen-bond donors (Lipinski definition) is 0. The second-order valence-electron chi connectivity index (χ2n) is 11.0. The van der Waals surface area contributed by atoms with Crippen molar-refractivity contribution in [2.24, 2.45) is 0 Å². The first kappa shape index (κ1) is 26.9. The molecule has 0 atom stereocenters. The zero-order valence-corrected chi connectivity index (χ0v) is 23.8. The molecule has 0 N–H and O–H groups in total. The number of anilines is 2. The number of ether oxygens (including phenoxy) is 1. The van der Waals surface area contributed by atoms with E-state index in [4.69, 9.17) is 4.74 Å². The lowest BCUT2D eigenvalue weighted by Gasteiger charge is -2.36. The number of carbonyl (C=O) groups is 1. The van der Waals surface area contributed by atoms with Crippen LogP contribution in [0, 0.1) is 11.3 Å². The van der Waals surface area contributed by atoms with Crippen LogP contribution in [0.25, 0.3) is 22.2 Å². The number of carbonyl (C=O) groups excluding carboxylic acids is 1. The number of piperazine rings is 1. The Labute approximate surface area is 230 Å². The normalized spacial score (nSPS) is 17.5. The second-order valence-corrected chi connectivity index (χ2v) is 13.0. The molecule has 10 heteroatoms. The summed E-state index contributed by atoms with van der Waals surface area (Å²) in [6, 6.07) is 16.0. The molecule has 3 heterocycles. The number of sulfonamides is 1. The maximum atomic E-state index is 12.5. The molecule has 0 unspecified atom stereocenters. The summed E-state index contributed by atoms with van der Waals surface area (Å²) in [6.45, 7) is 11.4. The standard InChI is InChI=1S/C29H35N5O4S/c1-5-33-26-19-23(31-14-16-32(17-15-31)28(35)38-29(2,3)4)11-12-24(26)25(20-30)27(33)21-7-9-22(10-8-21)34-13-6-18-39(34,36)37/h7-12,19H,5-6,13-18H2,1-4H3. The third kappa shape index (κ3) is 5.15. The van der Waals surface area contributed by atoms with Crippen molar-refractivity contribution < 1.29 is 17.9 Å². The lowest BCUT2D eigenvalue weighted by molar-refractivity contribution is 0.0240. The first-order valence-electron chi connectivity index (χ1n) is 13.4. The van der Waals surface area contributed by atoms with E-state index in [0.29, 0.717) is 56.9 Å². The van der Waals surface area contributed by atoms with E-state index in [1.54, 1.807) is 4.90 Å². The first-order valence-corrected chi connectivity index (χ1v) is 15.0. The summed E-state index contributed by atoms with van der Waals surface area (Å²) in [5.74, 6) is 0.176. The molecule has 0 radical (unpaired) electrons. The first-order chi connectivity index (χ1) is 18.5. The van der Waals surface area contributed by atoms with E-state index in [-0.39, 0.29) is 11.8 Å². The van der Waals surface area contributed by atoms with Gasteiger partial charge in [0.05, 0.1) is 28.2 Å². The van der Waals surface area contributed by atoms with Gasteiger partial charge < -0.3 is 19.1 Å². The Bertz CT molecular complexity index is 1540. The van der Waals surface area contributed by atoms with Gasteiger partial charge in [0.25, 0.3) is 0 Å². The van der Waals surface area contributed by atoms with E-state index >= 15 is 0 Å². The van der Waals surface area contributed by atoms with Gasteiger partial charge in [0, 0.05) is 50.3 Å². The number of amides is 1. The molecule has 5 rings (SSSR count). The van der Waals surface area contributed by atoms with Crippen molar-refractivity contribution in [2.75, 3.05) is 47.7 Å².